The van der Waals surface area contributed by atoms with Crippen molar-refractivity contribution in [3.05, 3.63) is 64.7 Å². The van der Waals surface area contributed by atoms with Gasteiger partial charge in [-0.2, -0.15) is 0 Å². The lowest BCUT2D eigenvalue weighted by Crippen LogP contribution is -2.37. The zero-order chi connectivity index (χ0) is 20.2. The Balaban J connectivity index is 1.72. The molecule has 0 saturated heterocycles. The van der Waals surface area contributed by atoms with Crippen LogP contribution in [0.25, 0.3) is 0 Å². The van der Waals surface area contributed by atoms with Crippen molar-refractivity contribution in [1.29, 1.82) is 0 Å². The summed E-state index contributed by atoms with van der Waals surface area (Å²) in [5.41, 5.74) is 1.71. The second-order valence-corrected chi connectivity index (χ2v) is 9.67. The number of halogens is 1. The molecule has 0 heterocycles. The van der Waals surface area contributed by atoms with Crippen LogP contribution in [-0.2, 0) is 27.7 Å². The van der Waals surface area contributed by atoms with Gasteiger partial charge < -0.3 is 5.11 Å². The number of carboxylic acid groups (broad SMARTS) is 1. The van der Waals surface area contributed by atoms with Crippen molar-refractivity contribution in [2.45, 2.75) is 43.4 Å². The van der Waals surface area contributed by atoms with Crippen molar-refractivity contribution < 1.29 is 18.3 Å². The van der Waals surface area contributed by atoms with Gasteiger partial charge in [-0.1, -0.05) is 60.8 Å². The molecule has 2 N–H and O–H groups in total. The van der Waals surface area contributed by atoms with E-state index in [0.29, 0.717) is 6.54 Å². The standard InChI is InChI=1S/C21H24ClNO4S/c22-18-5-1-2-6-19(18)28(26,27)23-15-21(11-3-4-12-21)14-17-9-7-16(8-10-17)13-20(24)25/h1-2,5-10,23H,3-4,11-15H2,(H,24,25). The van der Waals surface area contributed by atoms with Crippen LogP contribution < -0.4 is 4.72 Å². The maximum atomic E-state index is 12.7. The van der Waals surface area contributed by atoms with Gasteiger partial charge in [-0.15, -0.1) is 0 Å². The Bertz CT molecular complexity index is 935. The van der Waals surface area contributed by atoms with E-state index in [1.807, 2.05) is 24.3 Å². The first-order chi connectivity index (χ1) is 13.3. The van der Waals surface area contributed by atoms with Crippen molar-refractivity contribution in [2.75, 3.05) is 6.54 Å². The van der Waals surface area contributed by atoms with E-state index < -0.39 is 16.0 Å². The monoisotopic (exact) mass is 421 g/mol. The Morgan fingerprint density at radius 1 is 1.04 bits per heavy atom. The quantitative estimate of drug-likeness (QED) is 0.673. The highest BCUT2D eigenvalue weighted by Gasteiger charge is 2.35. The fourth-order valence-electron chi connectivity index (χ4n) is 3.91. The summed E-state index contributed by atoms with van der Waals surface area (Å²) in [6.07, 6.45) is 4.81. The Morgan fingerprint density at radius 2 is 1.64 bits per heavy atom. The molecule has 150 valence electrons. The van der Waals surface area contributed by atoms with Crippen molar-refractivity contribution in [3.63, 3.8) is 0 Å². The molecule has 3 rings (SSSR count). The van der Waals surface area contributed by atoms with Crippen LogP contribution in [0.15, 0.2) is 53.4 Å². The molecule has 28 heavy (non-hydrogen) atoms. The molecule has 1 aliphatic rings. The molecule has 1 aliphatic carbocycles. The minimum absolute atomic E-state index is 0.00303. The summed E-state index contributed by atoms with van der Waals surface area (Å²) in [5.74, 6) is -0.853. The zero-order valence-electron chi connectivity index (χ0n) is 15.5. The van der Waals surface area contributed by atoms with Gasteiger partial charge in [0.05, 0.1) is 11.4 Å². The van der Waals surface area contributed by atoms with Gasteiger partial charge in [-0.05, 0) is 47.9 Å². The van der Waals surface area contributed by atoms with Gasteiger partial charge >= 0.3 is 5.97 Å². The third kappa shape index (κ3) is 5.13. The molecule has 0 radical (unpaired) electrons. The van der Waals surface area contributed by atoms with E-state index in [1.165, 1.54) is 6.07 Å². The van der Waals surface area contributed by atoms with E-state index in [9.17, 15) is 13.2 Å². The summed E-state index contributed by atoms with van der Waals surface area (Å²) in [6, 6.07) is 14.0. The number of aliphatic carboxylic acids is 1. The van der Waals surface area contributed by atoms with Gasteiger partial charge in [0.15, 0.2) is 0 Å². The second kappa shape index (κ2) is 8.64. The molecule has 1 fully saturated rings. The first-order valence-corrected chi connectivity index (χ1v) is 11.2. The van der Waals surface area contributed by atoms with Crippen LogP contribution >= 0.6 is 11.6 Å². The molecule has 2 aromatic carbocycles. The molecule has 0 bridgehead atoms. The van der Waals surface area contributed by atoms with Crippen LogP contribution in [-0.4, -0.2) is 26.0 Å². The number of sulfonamides is 1. The van der Waals surface area contributed by atoms with Crippen molar-refractivity contribution in [2.24, 2.45) is 5.41 Å². The average Bonchev–Trinajstić information content (AvgIpc) is 3.11. The summed E-state index contributed by atoms with van der Waals surface area (Å²) in [4.78, 5) is 10.9. The molecule has 1 saturated carbocycles. The molecule has 0 spiro atoms. The van der Waals surface area contributed by atoms with E-state index in [-0.39, 0.29) is 21.8 Å². The summed E-state index contributed by atoms with van der Waals surface area (Å²) >= 11 is 6.06. The molecule has 0 unspecified atom stereocenters. The highest BCUT2D eigenvalue weighted by molar-refractivity contribution is 7.89. The Hall–Kier alpha value is -1.89. The number of carbonyl (C=O) groups is 1. The van der Waals surface area contributed by atoms with Crippen molar-refractivity contribution in [1.82, 2.24) is 4.72 Å². The lowest BCUT2D eigenvalue weighted by atomic mass is 9.80. The van der Waals surface area contributed by atoms with Crippen LogP contribution in [0.5, 0.6) is 0 Å². The summed E-state index contributed by atoms with van der Waals surface area (Å²) in [7, 11) is -3.68. The highest BCUT2D eigenvalue weighted by Crippen LogP contribution is 2.41. The van der Waals surface area contributed by atoms with Gasteiger partial charge in [0.25, 0.3) is 0 Å². The molecule has 5 nitrogen and oxygen atoms in total. The largest absolute Gasteiger partial charge is 0.481 e. The van der Waals surface area contributed by atoms with Crippen LogP contribution in [0.4, 0.5) is 0 Å². The molecule has 0 amide bonds. The first kappa shape index (κ1) is 20.8. The average molecular weight is 422 g/mol. The number of hydrogen-bond donors (Lipinski definition) is 2. The van der Waals surface area contributed by atoms with E-state index in [1.54, 1.807) is 18.2 Å². The van der Waals surface area contributed by atoms with Crippen LogP contribution in [0, 0.1) is 5.41 Å². The third-order valence-electron chi connectivity index (χ3n) is 5.39. The maximum Gasteiger partial charge on any atom is 0.307 e. The first-order valence-electron chi connectivity index (χ1n) is 9.34. The van der Waals surface area contributed by atoms with E-state index in [4.69, 9.17) is 16.7 Å². The van der Waals surface area contributed by atoms with E-state index in [0.717, 1.165) is 43.2 Å². The molecule has 0 aliphatic heterocycles. The fourth-order valence-corrected chi connectivity index (χ4v) is 5.59. The Morgan fingerprint density at radius 3 is 2.25 bits per heavy atom. The Kier molecular flexibility index (Phi) is 6.43. The lowest BCUT2D eigenvalue weighted by molar-refractivity contribution is -0.136. The molecule has 7 heteroatoms. The fraction of sp³-hybridized carbons (Fsp3) is 0.381. The smallest absolute Gasteiger partial charge is 0.307 e. The van der Waals surface area contributed by atoms with Gasteiger partial charge in [-0.25, -0.2) is 13.1 Å². The normalized spacial score (nSPS) is 16.2. The van der Waals surface area contributed by atoms with Gasteiger partial charge in [0.2, 0.25) is 10.0 Å². The molecular formula is C21H24ClNO4S. The predicted molar refractivity (Wildman–Crippen MR) is 109 cm³/mol. The van der Waals surface area contributed by atoms with Gasteiger partial charge in [-0.3, -0.25) is 4.79 Å². The third-order valence-corrected chi connectivity index (χ3v) is 7.29. The predicted octanol–water partition coefficient (Wildman–Crippen LogP) is 4.05. The lowest BCUT2D eigenvalue weighted by Gasteiger charge is -2.29. The number of benzene rings is 2. The number of hydrogen-bond acceptors (Lipinski definition) is 3. The van der Waals surface area contributed by atoms with Gasteiger partial charge in [0.1, 0.15) is 4.90 Å². The van der Waals surface area contributed by atoms with Crippen LogP contribution in [0.3, 0.4) is 0 Å². The molecule has 0 aromatic heterocycles. The Labute approximate surface area is 170 Å². The topological polar surface area (TPSA) is 83.5 Å². The number of carboxylic acids is 1. The second-order valence-electron chi connectivity index (χ2n) is 7.53. The van der Waals surface area contributed by atoms with Crippen LogP contribution in [0.1, 0.15) is 36.8 Å². The van der Waals surface area contributed by atoms with Gasteiger partial charge in [0, 0.05) is 6.54 Å². The summed E-state index contributed by atoms with van der Waals surface area (Å²) in [5, 5.41) is 9.10. The van der Waals surface area contributed by atoms with Crippen LogP contribution in [0.2, 0.25) is 5.02 Å². The highest BCUT2D eigenvalue weighted by atomic mass is 35.5. The minimum Gasteiger partial charge on any atom is -0.481 e. The van der Waals surface area contributed by atoms with E-state index >= 15 is 0 Å². The van der Waals surface area contributed by atoms with Crippen molar-refractivity contribution >= 4 is 27.6 Å². The maximum absolute atomic E-state index is 12.7. The zero-order valence-corrected chi connectivity index (χ0v) is 17.1. The minimum atomic E-state index is -3.68. The number of rotatable bonds is 8. The summed E-state index contributed by atoms with van der Waals surface area (Å²) in [6.45, 7) is 0.359. The SMILES string of the molecule is O=C(O)Cc1ccc(CC2(CNS(=O)(=O)c3ccccc3Cl)CCCC2)cc1. The summed E-state index contributed by atoms with van der Waals surface area (Å²) < 4.78 is 28.2. The molecular weight excluding hydrogens is 398 g/mol. The number of nitrogens with one attached hydrogen (secondary N) is 1. The van der Waals surface area contributed by atoms with E-state index in [2.05, 4.69) is 4.72 Å². The van der Waals surface area contributed by atoms with Crippen molar-refractivity contribution in [3.8, 4) is 0 Å². The molecule has 0 atom stereocenters. The molecule has 2 aromatic rings.